The van der Waals surface area contributed by atoms with Crippen molar-refractivity contribution in [1.82, 2.24) is 10.1 Å². The minimum atomic E-state index is 0.343. The van der Waals surface area contributed by atoms with Gasteiger partial charge >= 0.3 is 0 Å². The van der Waals surface area contributed by atoms with Crippen molar-refractivity contribution in [2.24, 2.45) is 0 Å². The first-order valence-corrected chi connectivity index (χ1v) is 5.01. The van der Waals surface area contributed by atoms with Crippen LogP contribution in [-0.4, -0.2) is 10.1 Å². The molecule has 6 nitrogen and oxygen atoms in total. The highest BCUT2D eigenvalue weighted by Crippen LogP contribution is 2.19. The lowest BCUT2D eigenvalue weighted by Gasteiger charge is -2.06. The Bertz CT molecular complexity index is 569. The van der Waals surface area contributed by atoms with E-state index in [0.717, 1.165) is 11.5 Å². The van der Waals surface area contributed by atoms with Crippen molar-refractivity contribution in [3.05, 3.63) is 35.3 Å². The number of hydrogen-bond acceptors (Lipinski definition) is 6. The molecule has 0 radical (unpaired) electrons. The third-order valence-electron chi connectivity index (χ3n) is 2.22. The van der Waals surface area contributed by atoms with Crippen LogP contribution in [0.3, 0.4) is 0 Å². The maximum atomic E-state index is 8.82. The van der Waals surface area contributed by atoms with Crippen LogP contribution in [0.4, 0.5) is 11.5 Å². The highest BCUT2D eigenvalue weighted by molar-refractivity contribution is 5.68. The van der Waals surface area contributed by atoms with E-state index in [1.54, 1.807) is 6.07 Å². The molecule has 0 aliphatic rings. The van der Waals surface area contributed by atoms with Crippen molar-refractivity contribution in [1.29, 1.82) is 5.26 Å². The Morgan fingerprint density at radius 1 is 1.59 bits per heavy atom. The Hall–Kier alpha value is -2.55. The number of nitrogens with one attached hydrogen (secondary N) is 1. The summed E-state index contributed by atoms with van der Waals surface area (Å²) in [6.07, 6.45) is 1.53. The number of nitrogens with two attached hydrogens (primary N) is 1. The van der Waals surface area contributed by atoms with E-state index in [9.17, 15) is 0 Å². The SMILES string of the molecule is Cc1cc(CNc2nccc(C#N)c2N)no1. The second kappa shape index (κ2) is 4.53. The fraction of sp³-hybridized carbons (Fsp3) is 0.182. The fourth-order valence-electron chi connectivity index (χ4n) is 1.39. The summed E-state index contributed by atoms with van der Waals surface area (Å²) in [5, 5.41) is 15.7. The summed E-state index contributed by atoms with van der Waals surface area (Å²) in [4.78, 5) is 4.06. The lowest BCUT2D eigenvalue weighted by Crippen LogP contribution is -2.05. The number of hydrogen-bond donors (Lipinski definition) is 2. The third kappa shape index (κ3) is 2.34. The van der Waals surface area contributed by atoms with E-state index in [1.807, 2.05) is 19.1 Å². The first-order valence-electron chi connectivity index (χ1n) is 5.01. The van der Waals surface area contributed by atoms with Crippen LogP contribution in [0.1, 0.15) is 17.0 Å². The molecule has 6 heteroatoms. The van der Waals surface area contributed by atoms with Gasteiger partial charge in [0.05, 0.1) is 17.8 Å². The Kier molecular flexibility index (Phi) is 2.92. The third-order valence-corrected chi connectivity index (χ3v) is 2.22. The molecule has 86 valence electrons. The van der Waals surface area contributed by atoms with Crippen LogP contribution >= 0.6 is 0 Å². The van der Waals surface area contributed by atoms with Crippen LogP contribution in [0.15, 0.2) is 22.9 Å². The number of aryl methyl sites for hydroxylation is 1. The van der Waals surface area contributed by atoms with Crippen molar-refractivity contribution >= 4 is 11.5 Å². The van der Waals surface area contributed by atoms with Gasteiger partial charge < -0.3 is 15.6 Å². The van der Waals surface area contributed by atoms with E-state index in [1.165, 1.54) is 6.20 Å². The quantitative estimate of drug-likeness (QED) is 0.825. The molecular formula is C11H11N5O. The van der Waals surface area contributed by atoms with Crippen LogP contribution in [-0.2, 0) is 6.54 Å². The zero-order chi connectivity index (χ0) is 12.3. The van der Waals surface area contributed by atoms with Gasteiger partial charge in [-0.05, 0) is 13.0 Å². The van der Waals surface area contributed by atoms with E-state index < -0.39 is 0 Å². The Labute approximate surface area is 98.1 Å². The molecule has 0 aliphatic carbocycles. The van der Waals surface area contributed by atoms with Crippen molar-refractivity contribution in [2.45, 2.75) is 13.5 Å². The number of nitrogens with zero attached hydrogens (tertiary/aromatic N) is 3. The summed E-state index contributed by atoms with van der Waals surface area (Å²) in [5.41, 5.74) is 7.27. The molecular weight excluding hydrogens is 218 g/mol. The first-order chi connectivity index (χ1) is 8.20. The maximum Gasteiger partial charge on any atom is 0.150 e. The Morgan fingerprint density at radius 3 is 3.06 bits per heavy atom. The second-order valence-corrected chi connectivity index (χ2v) is 3.52. The van der Waals surface area contributed by atoms with Gasteiger partial charge in [0.1, 0.15) is 17.5 Å². The van der Waals surface area contributed by atoms with Gasteiger partial charge in [0.25, 0.3) is 0 Å². The molecule has 0 spiro atoms. The lowest BCUT2D eigenvalue weighted by molar-refractivity contribution is 0.391. The smallest absolute Gasteiger partial charge is 0.150 e. The van der Waals surface area contributed by atoms with Gasteiger partial charge in [-0.2, -0.15) is 5.26 Å². The van der Waals surface area contributed by atoms with Gasteiger partial charge in [0.15, 0.2) is 5.82 Å². The fourth-order valence-corrected chi connectivity index (χ4v) is 1.39. The van der Waals surface area contributed by atoms with Gasteiger partial charge in [-0.15, -0.1) is 0 Å². The normalized spacial score (nSPS) is 9.88. The summed E-state index contributed by atoms with van der Waals surface area (Å²) < 4.78 is 4.93. The average molecular weight is 229 g/mol. The summed E-state index contributed by atoms with van der Waals surface area (Å²) in [7, 11) is 0. The van der Waals surface area contributed by atoms with Gasteiger partial charge in [-0.25, -0.2) is 4.98 Å². The number of rotatable bonds is 3. The lowest BCUT2D eigenvalue weighted by atomic mass is 10.2. The zero-order valence-corrected chi connectivity index (χ0v) is 9.27. The monoisotopic (exact) mass is 229 g/mol. The minimum absolute atomic E-state index is 0.343. The summed E-state index contributed by atoms with van der Waals surface area (Å²) >= 11 is 0. The molecule has 3 N–H and O–H groups in total. The largest absolute Gasteiger partial charge is 0.395 e. The van der Waals surface area contributed by atoms with Crippen LogP contribution in [0.2, 0.25) is 0 Å². The van der Waals surface area contributed by atoms with Crippen molar-refractivity contribution in [3.8, 4) is 6.07 Å². The predicted molar refractivity (Wildman–Crippen MR) is 61.9 cm³/mol. The van der Waals surface area contributed by atoms with Gasteiger partial charge in [0.2, 0.25) is 0 Å². The second-order valence-electron chi connectivity index (χ2n) is 3.52. The predicted octanol–water partition coefficient (Wildman–Crippen LogP) is 1.44. The van der Waals surface area contributed by atoms with Crippen molar-refractivity contribution in [3.63, 3.8) is 0 Å². The number of anilines is 2. The average Bonchev–Trinajstić information content (AvgIpc) is 2.74. The van der Waals surface area contributed by atoms with E-state index in [2.05, 4.69) is 15.5 Å². The van der Waals surface area contributed by atoms with Gasteiger partial charge in [-0.1, -0.05) is 5.16 Å². The molecule has 2 heterocycles. The molecule has 2 rings (SSSR count). The zero-order valence-electron chi connectivity index (χ0n) is 9.27. The van der Waals surface area contributed by atoms with Gasteiger partial charge in [0, 0.05) is 12.3 Å². The summed E-state index contributed by atoms with van der Waals surface area (Å²) in [6, 6.07) is 5.39. The highest BCUT2D eigenvalue weighted by Gasteiger charge is 2.06. The molecule has 0 saturated carbocycles. The molecule has 0 bridgehead atoms. The van der Waals surface area contributed by atoms with Crippen LogP contribution in [0.25, 0.3) is 0 Å². The minimum Gasteiger partial charge on any atom is -0.395 e. The molecule has 0 amide bonds. The highest BCUT2D eigenvalue weighted by atomic mass is 16.5. The number of pyridine rings is 1. The standard InChI is InChI=1S/C11H11N5O/c1-7-4-9(16-17-7)6-15-11-10(13)8(5-12)2-3-14-11/h2-4H,6,13H2,1H3,(H,14,15). The molecule has 2 aromatic heterocycles. The Morgan fingerprint density at radius 2 is 2.41 bits per heavy atom. The number of nitriles is 1. The van der Waals surface area contributed by atoms with E-state index in [4.69, 9.17) is 15.5 Å². The first kappa shape index (κ1) is 11.0. The molecule has 17 heavy (non-hydrogen) atoms. The summed E-state index contributed by atoms with van der Waals surface area (Å²) in [6.45, 7) is 2.27. The molecule has 0 aromatic carbocycles. The molecule has 0 atom stereocenters. The van der Waals surface area contributed by atoms with Crippen molar-refractivity contribution in [2.75, 3.05) is 11.1 Å². The van der Waals surface area contributed by atoms with E-state index >= 15 is 0 Å². The summed E-state index contributed by atoms with van der Waals surface area (Å²) in [5.74, 6) is 1.22. The van der Waals surface area contributed by atoms with Crippen LogP contribution in [0, 0.1) is 18.3 Å². The maximum absolute atomic E-state index is 8.82. The number of aromatic nitrogens is 2. The van der Waals surface area contributed by atoms with Crippen LogP contribution in [0.5, 0.6) is 0 Å². The van der Waals surface area contributed by atoms with Crippen LogP contribution < -0.4 is 11.1 Å². The molecule has 0 fully saturated rings. The van der Waals surface area contributed by atoms with E-state index in [-0.39, 0.29) is 0 Å². The topological polar surface area (TPSA) is 101 Å². The Balaban J connectivity index is 2.12. The number of nitrogen functional groups attached to an aromatic ring is 1. The molecule has 0 unspecified atom stereocenters. The molecule has 0 aliphatic heterocycles. The van der Waals surface area contributed by atoms with E-state index in [0.29, 0.717) is 23.6 Å². The van der Waals surface area contributed by atoms with Gasteiger partial charge in [-0.3, -0.25) is 0 Å². The van der Waals surface area contributed by atoms with Crippen molar-refractivity contribution < 1.29 is 4.52 Å². The molecule has 0 saturated heterocycles. The molecule has 2 aromatic rings.